The average Bonchev–Trinajstić information content (AvgIpc) is 3.44. The summed E-state index contributed by atoms with van der Waals surface area (Å²) in [6.07, 6.45) is 12.0. The number of hydrogen-bond acceptors (Lipinski definition) is 4. The molecule has 1 saturated carbocycles. The zero-order chi connectivity index (χ0) is 18.6. The van der Waals surface area contributed by atoms with Crippen LogP contribution in [-0.2, 0) is 4.74 Å². The summed E-state index contributed by atoms with van der Waals surface area (Å²) in [5, 5.41) is 0. The lowest BCUT2D eigenvalue weighted by Gasteiger charge is -2.38. The van der Waals surface area contributed by atoms with Crippen molar-refractivity contribution in [3.05, 3.63) is 23.7 Å². The zero-order valence-electron chi connectivity index (χ0n) is 16.7. The minimum absolute atomic E-state index is 0.106. The number of likely N-dealkylation sites (tertiary alicyclic amines) is 1. The van der Waals surface area contributed by atoms with E-state index >= 15 is 0 Å². The van der Waals surface area contributed by atoms with Gasteiger partial charge in [0.05, 0.1) is 17.9 Å². The van der Waals surface area contributed by atoms with E-state index < -0.39 is 0 Å². The topological polar surface area (TPSA) is 45.9 Å². The smallest absolute Gasteiger partial charge is 0.257 e. The third-order valence-electron chi connectivity index (χ3n) is 6.79. The molecule has 3 fully saturated rings. The summed E-state index contributed by atoms with van der Waals surface area (Å²) in [7, 11) is 0. The molecular weight excluding hydrogens is 340 g/mol. The van der Waals surface area contributed by atoms with Crippen molar-refractivity contribution in [1.82, 2.24) is 9.80 Å². The lowest BCUT2D eigenvalue weighted by Crippen LogP contribution is -2.45. The lowest BCUT2D eigenvalue weighted by molar-refractivity contribution is 0.0428. The van der Waals surface area contributed by atoms with E-state index in [4.69, 9.17) is 9.15 Å². The molecule has 5 heteroatoms. The second kappa shape index (κ2) is 8.78. The third kappa shape index (κ3) is 4.57. The molecule has 3 heterocycles. The molecule has 1 atom stereocenters. The molecule has 1 aromatic rings. The number of nitrogens with zero attached hydrogens (tertiary/aromatic N) is 2. The first-order valence-electron chi connectivity index (χ1n) is 10.9. The Bertz CT molecular complexity index is 609. The van der Waals surface area contributed by atoms with Crippen molar-refractivity contribution in [2.24, 2.45) is 5.92 Å². The number of furan rings is 1. The predicted octanol–water partition coefficient (Wildman–Crippen LogP) is 3.86. The Morgan fingerprint density at radius 2 is 1.89 bits per heavy atom. The Kier molecular flexibility index (Phi) is 6.18. The van der Waals surface area contributed by atoms with E-state index in [9.17, 15) is 4.79 Å². The number of carbonyl (C=O) groups is 1. The van der Waals surface area contributed by atoms with Crippen molar-refractivity contribution in [2.45, 2.75) is 70.4 Å². The van der Waals surface area contributed by atoms with Gasteiger partial charge in [0.25, 0.3) is 5.91 Å². The highest BCUT2D eigenvalue weighted by Gasteiger charge is 2.31. The number of carbonyl (C=O) groups excluding carboxylic acids is 1. The van der Waals surface area contributed by atoms with Gasteiger partial charge in [-0.3, -0.25) is 4.79 Å². The molecule has 1 amide bonds. The van der Waals surface area contributed by atoms with Crippen molar-refractivity contribution in [2.75, 3.05) is 32.8 Å². The molecule has 4 rings (SSSR count). The summed E-state index contributed by atoms with van der Waals surface area (Å²) in [4.78, 5) is 17.9. The van der Waals surface area contributed by atoms with E-state index in [-0.39, 0.29) is 12.0 Å². The molecule has 1 aliphatic carbocycles. The Balaban J connectivity index is 1.37. The number of aryl methyl sites for hydroxylation is 1. The Labute approximate surface area is 163 Å². The van der Waals surface area contributed by atoms with Crippen LogP contribution in [0.1, 0.15) is 67.5 Å². The monoisotopic (exact) mass is 374 g/mol. The quantitative estimate of drug-likeness (QED) is 0.758. The van der Waals surface area contributed by atoms with Crippen LogP contribution in [-0.4, -0.2) is 60.6 Å². The van der Waals surface area contributed by atoms with Crippen molar-refractivity contribution in [1.29, 1.82) is 0 Å². The van der Waals surface area contributed by atoms with E-state index in [1.54, 1.807) is 6.26 Å². The first kappa shape index (κ1) is 19.0. The number of rotatable bonds is 6. The van der Waals surface area contributed by atoms with Crippen molar-refractivity contribution in [3.63, 3.8) is 0 Å². The fourth-order valence-corrected chi connectivity index (χ4v) is 5.13. The van der Waals surface area contributed by atoms with Crippen LogP contribution in [0.25, 0.3) is 0 Å². The average molecular weight is 375 g/mol. The largest absolute Gasteiger partial charge is 0.469 e. The van der Waals surface area contributed by atoms with Gasteiger partial charge in [-0.1, -0.05) is 12.8 Å². The van der Waals surface area contributed by atoms with E-state index in [0.29, 0.717) is 23.8 Å². The van der Waals surface area contributed by atoms with E-state index in [1.165, 1.54) is 51.6 Å². The zero-order valence-corrected chi connectivity index (χ0v) is 16.7. The molecule has 0 aromatic carbocycles. The van der Waals surface area contributed by atoms with Gasteiger partial charge in [0.1, 0.15) is 5.76 Å². The first-order valence-corrected chi connectivity index (χ1v) is 10.9. The fourth-order valence-electron chi connectivity index (χ4n) is 5.13. The van der Waals surface area contributed by atoms with Gasteiger partial charge < -0.3 is 19.0 Å². The number of piperidine rings is 1. The second-order valence-electron chi connectivity index (χ2n) is 8.65. The first-order chi connectivity index (χ1) is 13.2. The molecule has 3 aliphatic rings. The number of amides is 1. The normalized spacial score (nSPS) is 25.3. The predicted molar refractivity (Wildman–Crippen MR) is 105 cm³/mol. The SMILES string of the molecule is Cc1occc1C(=O)N(CC1CCN(C2CCCC2)CC1)CC1CCCO1. The van der Waals surface area contributed by atoms with E-state index in [0.717, 1.165) is 32.0 Å². The molecule has 0 spiro atoms. The number of hydrogen-bond donors (Lipinski definition) is 0. The van der Waals surface area contributed by atoms with Crippen molar-refractivity contribution < 1.29 is 13.9 Å². The van der Waals surface area contributed by atoms with Gasteiger partial charge in [-0.15, -0.1) is 0 Å². The molecule has 5 nitrogen and oxygen atoms in total. The summed E-state index contributed by atoms with van der Waals surface area (Å²) < 4.78 is 11.2. The van der Waals surface area contributed by atoms with Crippen LogP contribution in [0.2, 0.25) is 0 Å². The maximum absolute atomic E-state index is 13.2. The van der Waals surface area contributed by atoms with Gasteiger partial charge in [0, 0.05) is 25.7 Å². The molecule has 0 N–H and O–H groups in total. The van der Waals surface area contributed by atoms with Crippen molar-refractivity contribution >= 4 is 5.91 Å². The Morgan fingerprint density at radius 1 is 1.11 bits per heavy atom. The van der Waals surface area contributed by atoms with Crippen molar-refractivity contribution in [3.8, 4) is 0 Å². The van der Waals surface area contributed by atoms with Gasteiger partial charge in [-0.25, -0.2) is 0 Å². The summed E-state index contributed by atoms with van der Waals surface area (Å²) in [6, 6.07) is 2.63. The van der Waals surface area contributed by atoms with E-state index in [2.05, 4.69) is 4.90 Å². The van der Waals surface area contributed by atoms with Crippen LogP contribution >= 0.6 is 0 Å². The summed E-state index contributed by atoms with van der Waals surface area (Å²) in [6.45, 7) is 6.66. The highest BCUT2D eigenvalue weighted by atomic mass is 16.5. The van der Waals surface area contributed by atoms with Gasteiger partial charge in [-0.2, -0.15) is 0 Å². The second-order valence-corrected chi connectivity index (χ2v) is 8.65. The highest BCUT2D eigenvalue weighted by molar-refractivity contribution is 5.95. The van der Waals surface area contributed by atoms with Crippen LogP contribution in [0.5, 0.6) is 0 Å². The van der Waals surface area contributed by atoms with Crippen LogP contribution in [0.4, 0.5) is 0 Å². The standard InChI is InChI=1S/C22H34N2O3/c1-17-21(10-14-26-17)22(25)24(16-20-7-4-13-27-20)15-18-8-11-23(12-9-18)19-5-2-3-6-19/h10,14,18-20H,2-9,11-13,15-16H2,1H3. The molecule has 2 aliphatic heterocycles. The maximum atomic E-state index is 13.2. The van der Waals surface area contributed by atoms with E-state index in [1.807, 2.05) is 17.9 Å². The molecule has 27 heavy (non-hydrogen) atoms. The minimum Gasteiger partial charge on any atom is -0.469 e. The molecule has 1 aromatic heterocycles. The fraction of sp³-hybridized carbons (Fsp3) is 0.773. The van der Waals surface area contributed by atoms with Gasteiger partial charge in [0.15, 0.2) is 0 Å². The molecule has 0 radical (unpaired) electrons. The number of ether oxygens (including phenoxy) is 1. The third-order valence-corrected chi connectivity index (χ3v) is 6.79. The molecular formula is C22H34N2O3. The summed E-state index contributed by atoms with van der Waals surface area (Å²) >= 11 is 0. The van der Waals surface area contributed by atoms with Gasteiger partial charge in [-0.05, 0) is 70.5 Å². The molecule has 1 unspecified atom stereocenters. The van der Waals surface area contributed by atoms with Crippen LogP contribution in [0.3, 0.4) is 0 Å². The van der Waals surface area contributed by atoms with Crippen LogP contribution in [0, 0.1) is 12.8 Å². The van der Waals surface area contributed by atoms with Crippen LogP contribution < -0.4 is 0 Å². The van der Waals surface area contributed by atoms with Crippen LogP contribution in [0.15, 0.2) is 16.7 Å². The minimum atomic E-state index is 0.106. The lowest BCUT2D eigenvalue weighted by atomic mass is 9.94. The Hall–Kier alpha value is -1.33. The molecule has 2 saturated heterocycles. The van der Waals surface area contributed by atoms with Gasteiger partial charge in [0.2, 0.25) is 0 Å². The van der Waals surface area contributed by atoms with Gasteiger partial charge >= 0.3 is 0 Å². The summed E-state index contributed by atoms with van der Waals surface area (Å²) in [5.74, 6) is 1.42. The highest BCUT2D eigenvalue weighted by Crippen LogP contribution is 2.29. The maximum Gasteiger partial charge on any atom is 0.257 e. The molecule has 0 bridgehead atoms. The molecule has 150 valence electrons. The Morgan fingerprint density at radius 3 is 2.52 bits per heavy atom. The summed E-state index contributed by atoms with van der Waals surface area (Å²) in [5.41, 5.74) is 0.705.